The lowest BCUT2D eigenvalue weighted by Crippen LogP contribution is -2.39. The molecule has 1 atom stereocenters. The van der Waals surface area contributed by atoms with Crippen LogP contribution in [0, 0.1) is 5.92 Å². The first-order chi connectivity index (χ1) is 7.22. The lowest BCUT2D eigenvalue weighted by atomic mass is 9.97. The first-order valence-electron chi connectivity index (χ1n) is 5.12. The number of fused-ring (bicyclic) bond motifs is 1. The summed E-state index contributed by atoms with van der Waals surface area (Å²) in [5, 5.41) is 0. The predicted molar refractivity (Wildman–Crippen MR) is 57.3 cm³/mol. The minimum Gasteiger partial charge on any atom is -0.468 e. The van der Waals surface area contributed by atoms with E-state index in [1.165, 1.54) is 18.2 Å². The summed E-state index contributed by atoms with van der Waals surface area (Å²) in [7, 11) is 1.38. The Morgan fingerprint density at radius 3 is 2.40 bits per heavy atom. The van der Waals surface area contributed by atoms with E-state index in [9.17, 15) is 4.79 Å². The molecule has 15 heavy (non-hydrogen) atoms. The highest BCUT2D eigenvalue weighted by atomic mass is 16.5. The van der Waals surface area contributed by atoms with Gasteiger partial charge in [-0.1, -0.05) is 24.3 Å². The summed E-state index contributed by atoms with van der Waals surface area (Å²) in [6.07, 6.45) is 1.76. The maximum atomic E-state index is 11.3. The average Bonchev–Trinajstić information content (AvgIpc) is 2.70. The van der Waals surface area contributed by atoms with Crippen molar-refractivity contribution in [3.8, 4) is 0 Å². The number of benzene rings is 1. The number of hydrogen-bond donors (Lipinski definition) is 1. The van der Waals surface area contributed by atoms with Crippen LogP contribution in [0.15, 0.2) is 24.3 Å². The zero-order valence-corrected chi connectivity index (χ0v) is 8.77. The zero-order chi connectivity index (χ0) is 10.8. The van der Waals surface area contributed by atoms with Gasteiger partial charge in [-0.15, -0.1) is 0 Å². The van der Waals surface area contributed by atoms with Crippen LogP contribution >= 0.6 is 0 Å². The molecule has 1 unspecified atom stereocenters. The zero-order valence-electron chi connectivity index (χ0n) is 8.77. The maximum Gasteiger partial charge on any atom is 0.322 e. The minimum absolute atomic E-state index is 0.190. The van der Waals surface area contributed by atoms with Crippen molar-refractivity contribution in [3.05, 3.63) is 35.4 Å². The molecule has 1 aliphatic rings. The van der Waals surface area contributed by atoms with E-state index in [4.69, 9.17) is 5.73 Å². The third kappa shape index (κ3) is 1.88. The summed E-state index contributed by atoms with van der Waals surface area (Å²) in [5.41, 5.74) is 8.45. The van der Waals surface area contributed by atoms with Gasteiger partial charge in [-0.3, -0.25) is 4.79 Å². The number of esters is 1. The van der Waals surface area contributed by atoms with E-state index in [2.05, 4.69) is 16.9 Å². The number of carbonyl (C=O) groups is 1. The van der Waals surface area contributed by atoms with Crippen LogP contribution in [0.5, 0.6) is 0 Å². The molecule has 80 valence electrons. The number of rotatable bonds is 2. The van der Waals surface area contributed by atoms with Crippen molar-refractivity contribution in [3.63, 3.8) is 0 Å². The Morgan fingerprint density at radius 2 is 1.93 bits per heavy atom. The molecule has 0 spiro atoms. The molecule has 3 heteroatoms. The Hall–Kier alpha value is -1.35. The van der Waals surface area contributed by atoms with Crippen molar-refractivity contribution in [2.75, 3.05) is 7.11 Å². The van der Waals surface area contributed by atoms with Crippen molar-refractivity contribution >= 4 is 5.97 Å². The summed E-state index contributed by atoms with van der Waals surface area (Å²) < 4.78 is 4.66. The average molecular weight is 205 g/mol. The topological polar surface area (TPSA) is 52.3 Å². The molecule has 1 aliphatic carbocycles. The molecular formula is C12H15NO2. The van der Waals surface area contributed by atoms with Crippen molar-refractivity contribution in [2.24, 2.45) is 11.7 Å². The van der Waals surface area contributed by atoms with Gasteiger partial charge in [0.15, 0.2) is 0 Å². The smallest absolute Gasteiger partial charge is 0.322 e. The molecule has 2 N–H and O–H groups in total. The molecule has 3 nitrogen and oxygen atoms in total. The molecule has 0 amide bonds. The number of ether oxygens (including phenoxy) is 1. The van der Waals surface area contributed by atoms with Crippen LogP contribution in [0.1, 0.15) is 11.1 Å². The van der Waals surface area contributed by atoms with Crippen LogP contribution in [-0.2, 0) is 22.4 Å². The fourth-order valence-corrected chi connectivity index (χ4v) is 2.18. The van der Waals surface area contributed by atoms with Gasteiger partial charge < -0.3 is 10.5 Å². The van der Waals surface area contributed by atoms with Gasteiger partial charge in [0.25, 0.3) is 0 Å². The highest BCUT2D eigenvalue weighted by Gasteiger charge is 2.30. The van der Waals surface area contributed by atoms with E-state index in [1.54, 1.807) is 0 Å². The monoisotopic (exact) mass is 205 g/mol. The van der Waals surface area contributed by atoms with E-state index in [0.717, 1.165) is 12.8 Å². The van der Waals surface area contributed by atoms with Gasteiger partial charge >= 0.3 is 5.97 Å². The second-order valence-corrected chi connectivity index (χ2v) is 3.99. The second-order valence-electron chi connectivity index (χ2n) is 3.99. The van der Waals surface area contributed by atoms with Crippen LogP contribution in [0.3, 0.4) is 0 Å². The fraction of sp³-hybridized carbons (Fsp3) is 0.417. The van der Waals surface area contributed by atoms with Crippen LogP contribution in [0.4, 0.5) is 0 Å². The largest absolute Gasteiger partial charge is 0.468 e. The van der Waals surface area contributed by atoms with E-state index in [1.807, 2.05) is 12.1 Å². The van der Waals surface area contributed by atoms with Crippen molar-refractivity contribution < 1.29 is 9.53 Å². The number of nitrogens with two attached hydrogens (primary N) is 1. The molecule has 0 heterocycles. The molecule has 0 radical (unpaired) electrons. The molecular weight excluding hydrogens is 190 g/mol. The van der Waals surface area contributed by atoms with E-state index >= 15 is 0 Å². The molecule has 0 aromatic heterocycles. The third-order valence-electron chi connectivity index (χ3n) is 3.06. The van der Waals surface area contributed by atoms with Crippen molar-refractivity contribution in [2.45, 2.75) is 18.9 Å². The normalized spacial score (nSPS) is 17.2. The van der Waals surface area contributed by atoms with Gasteiger partial charge in [-0.25, -0.2) is 0 Å². The Labute approximate surface area is 89.2 Å². The van der Waals surface area contributed by atoms with E-state index in [0.29, 0.717) is 0 Å². The second kappa shape index (κ2) is 4.03. The van der Waals surface area contributed by atoms with Crippen molar-refractivity contribution in [1.29, 1.82) is 0 Å². The molecule has 1 aromatic rings. The summed E-state index contributed by atoms with van der Waals surface area (Å²) in [6.45, 7) is 0. The third-order valence-corrected chi connectivity index (χ3v) is 3.06. The van der Waals surface area contributed by atoms with Crippen molar-refractivity contribution in [1.82, 2.24) is 0 Å². The van der Waals surface area contributed by atoms with Gasteiger partial charge in [0.1, 0.15) is 6.04 Å². The molecule has 0 bridgehead atoms. The quantitative estimate of drug-likeness (QED) is 0.730. The SMILES string of the molecule is COC(=O)C(N)C1Cc2ccccc2C1. The predicted octanol–water partition coefficient (Wildman–Crippen LogP) is 0.902. The maximum absolute atomic E-state index is 11.3. The molecule has 0 saturated heterocycles. The molecule has 1 aromatic carbocycles. The van der Waals surface area contributed by atoms with Crippen LogP contribution in [0.25, 0.3) is 0 Å². The fourth-order valence-electron chi connectivity index (χ4n) is 2.18. The lowest BCUT2D eigenvalue weighted by molar-refractivity contribution is -0.143. The first-order valence-corrected chi connectivity index (χ1v) is 5.12. The van der Waals surface area contributed by atoms with Gasteiger partial charge in [-0.2, -0.15) is 0 Å². The number of carbonyl (C=O) groups excluding carboxylic acids is 1. The Balaban J connectivity index is 2.10. The molecule has 0 saturated carbocycles. The Bertz CT molecular complexity index is 351. The first kappa shape index (κ1) is 10.2. The minimum atomic E-state index is -0.498. The molecule has 0 aliphatic heterocycles. The summed E-state index contributed by atoms with van der Waals surface area (Å²) >= 11 is 0. The highest BCUT2D eigenvalue weighted by molar-refractivity contribution is 5.76. The van der Waals surface area contributed by atoms with E-state index in [-0.39, 0.29) is 11.9 Å². The highest BCUT2D eigenvalue weighted by Crippen LogP contribution is 2.28. The molecule has 2 rings (SSSR count). The Morgan fingerprint density at radius 1 is 1.40 bits per heavy atom. The number of methoxy groups -OCH3 is 1. The van der Waals surface area contributed by atoms with Gasteiger partial charge in [0.2, 0.25) is 0 Å². The summed E-state index contributed by atoms with van der Waals surface area (Å²) in [5.74, 6) is -0.123. The molecule has 0 fully saturated rings. The van der Waals surface area contributed by atoms with Gasteiger partial charge in [-0.05, 0) is 29.9 Å². The standard InChI is InChI=1S/C12H15NO2/c1-15-12(14)11(13)10-6-8-4-2-3-5-9(8)7-10/h2-5,10-11H,6-7,13H2,1H3. The van der Waals surface area contributed by atoms with Gasteiger partial charge in [0.05, 0.1) is 7.11 Å². The van der Waals surface area contributed by atoms with Crippen LogP contribution in [0.2, 0.25) is 0 Å². The van der Waals surface area contributed by atoms with Gasteiger partial charge in [0, 0.05) is 0 Å². The van der Waals surface area contributed by atoms with E-state index < -0.39 is 6.04 Å². The van der Waals surface area contributed by atoms with Crippen LogP contribution < -0.4 is 5.73 Å². The van der Waals surface area contributed by atoms with Crippen LogP contribution in [-0.4, -0.2) is 19.1 Å². The lowest BCUT2D eigenvalue weighted by Gasteiger charge is -2.15. The Kier molecular flexibility index (Phi) is 2.73. The summed E-state index contributed by atoms with van der Waals surface area (Å²) in [4.78, 5) is 11.3. The number of hydrogen-bond acceptors (Lipinski definition) is 3. The summed E-state index contributed by atoms with van der Waals surface area (Å²) in [6, 6.07) is 7.73.